The lowest BCUT2D eigenvalue weighted by molar-refractivity contribution is 0.669. The molecular formula is C34H19N3OS. The van der Waals surface area contributed by atoms with Crippen molar-refractivity contribution in [1.82, 2.24) is 15.0 Å². The van der Waals surface area contributed by atoms with Crippen molar-refractivity contribution >= 4 is 75.4 Å². The van der Waals surface area contributed by atoms with Gasteiger partial charge in [0, 0.05) is 48.2 Å². The fraction of sp³-hybridized carbons (Fsp3) is 0. The molecule has 0 atom stereocenters. The van der Waals surface area contributed by atoms with Gasteiger partial charge in [-0.2, -0.15) is 0 Å². The third kappa shape index (κ3) is 2.93. The summed E-state index contributed by atoms with van der Waals surface area (Å²) in [5.74, 6) is 0.671. The van der Waals surface area contributed by atoms with Gasteiger partial charge in [0.1, 0.15) is 11.2 Å². The minimum absolute atomic E-state index is 0.671. The van der Waals surface area contributed by atoms with E-state index < -0.39 is 0 Å². The molecule has 0 radical (unpaired) electrons. The van der Waals surface area contributed by atoms with Gasteiger partial charge in [-0.3, -0.25) is 0 Å². The van der Waals surface area contributed by atoms with E-state index in [0.717, 1.165) is 65.4 Å². The molecule has 182 valence electrons. The molecular weight excluding hydrogens is 498 g/mol. The van der Waals surface area contributed by atoms with E-state index in [2.05, 4.69) is 89.9 Å². The van der Waals surface area contributed by atoms with Gasteiger partial charge in [0.05, 0.1) is 21.5 Å². The first-order valence-electron chi connectivity index (χ1n) is 12.9. The predicted octanol–water partition coefficient (Wildman–Crippen LogP) is 9.71. The number of rotatable bonds is 2. The van der Waals surface area contributed by atoms with E-state index >= 15 is 0 Å². The number of nitrogens with one attached hydrogen (secondary N) is 1. The van der Waals surface area contributed by atoms with Crippen LogP contribution in [-0.4, -0.2) is 15.0 Å². The zero-order chi connectivity index (χ0) is 25.5. The standard InChI is InChI=1S/C34H19N3OS/c1-2-9-19(10-3-1)29-33-30(23-17-18-26-28(32(23)39-33)22-12-4-6-15-25(22)35-26)37-34(36-29)24-14-8-13-21-20-11-5-7-16-27(20)38-31(21)24/h1-18,35H. The maximum atomic E-state index is 6.38. The number of hydrogen-bond donors (Lipinski definition) is 1. The number of hydrogen-bond acceptors (Lipinski definition) is 4. The molecule has 0 unspecified atom stereocenters. The number of fused-ring (bicyclic) bond motifs is 10. The van der Waals surface area contributed by atoms with Crippen molar-refractivity contribution in [3.8, 4) is 22.6 Å². The van der Waals surface area contributed by atoms with Crippen molar-refractivity contribution < 1.29 is 4.42 Å². The summed E-state index contributed by atoms with van der Waals surface area (Å²) in [6, 6.07) is 37.7. The predicted molar refractivity (Wildman–Crippen MR) is 162 cm³/mol. The summed E-state index contributed by atoms with van der Waals surface area (Å²) in [4.78, 5) is 14.0. The van der Waals surface area contributed by atoms with Crippen LogP contribution in [0.1, 0.15) is 0 Å². The summed E-state index contributed by atoms with van der Waals surface area (Å²) in [5.41, 5.74) is 7.85. The van der Waals surface area contributed by atoms with E-state index in [-0.39, 0.29) is 0 Å². The molecule has 5 aromatic carbocycles. The Hall–Kier alpha value is -5.00. The van der Waals surface area contributed by atoms with Crippen molar-refractivity contribution in [3.63, 3.8) is 0 Å². The zero-order valence-corrected chi connectivity index (χ0v) is 21.4. The van der Waals surface area contributed by atoms with Crippen LogP contribution in [0.3, 0.4) is 0 Å². The second-order valence-electron chi connectivity index (χ2n) is 9.86. The van der Waals surface area contributed by atoms with Gasteiger partial charge in [0.2, 0.25) is 0 Å². The summed E-state index contributed by atoms with van der Waals surface area (Å²) in [6.07, 6.45) is 0. The van der Waals surface area contributed by atoms with Crippen LogP contribution in [0.25, 0.3) is 86.7 Å². The smallest absolute Gasteiger partial charge is 0.164 e. The van der Waals surface area contributed by atoms with E-state index in [0.29, 0.717) is 5.82 Å². The highest BCUT2D eigenvalue weighted by molar-refractivity contribution is 7.27. The molecule has 4 nitrogen and oxygen atoms in total. The Bertz CT molecular complexity index is 2400. The van der Waals surface area contributed by atoms with Crippen molar-refractivity contribution in [2.24, 2.45) is 0 Å². The molecule has 0 saturated carbocycles. The van der Waals surface area contributed by atoms with Crippen LogP contribution in [0.2, 0.25) is 0 Å². The Morgan fingerprint density at radius 1 is 0.590 bits per heavy atom. The highest BCUT2D eigenvalue weighted by atomic mass is 32.1. The molecule has 0 fully saturated rings. The summed E-state index contributed by atoms with van der Waals surface area (Å²) >= 11 is 1.77. The number of aromatic nitrogens is 3. The fourth-order valence-corrected chi connectivity index (χ4v) is 7.18. The monoisotopic (exact) mass is 517 g/mol. The minimum Gasteiger partial charge on any atom is -0.455 e. The van der Waals surface area contributed by atoms with E-state index in [4.69, 9.17) is 14.4 Å². The van der Waals surface area contributed by atoms with E-state index in [1.807, 2.05) is 24.3 Å². The zero-order valence-electron chi connectivity index (χ0n) is 20.6. The fourth-order valence-electron chi connectivity index (χ4n) is 5.87. The first-order chi connectivity index (χ1) is 19.3. The number of nitrogens with zero attached hydrogens (tertiary/aromatic N) is 2. The van der Waals surface area contributed by atoms with Crippen LogP contribution in [0, 0.1) is 0 Å². The van der Waals surface area contributed by atoms with Crippen molar-refractivity contribution in [2.45, 2.75) is 0 Å². The van der Waals surface area contributed by atoms with Crippen molar-refractivity contribution in [3.05, 3.63) is 109 Å². The van der Waals surface area contributed by atoms with E-state index in [9.17, 15) is 0 Å². The second kappa shape index (κ2) is 7.76. The molecule has 9 aromatic rings. The molecule has 9 rings (SSSR count). The first kappa shape index (κ1) is 21.0. The molecule has 0 saturated heterocycles. The highest BCUT2D eigenvalue weighted by Gasteiger charge is 2.21. The minimum atomic E-state index is 0.671. The normalized spacial score (nSPS) is 12.1. The molecule has 0 aliphatic carbocycles. The first-order valence-corrected chi connectivity index (χ1v) is 13.7. The van der Waals surface area contributed by atoms with Gasteiger partial charge < -0.3 is 9.40 Å². The molecule has 5 heteroatoms. The van der Waals surface area contributed by atoms with Gasteiger partial charge in [-0.05, 0) is 30.3 Å². The molecule has 1 N–H and O–H groups in total. The van der Waals surface area contributed by atoms with Crippen LogP contribution in [0.4, 0.5) is 0 Å². The largest absolute Gasteiger partial charge is 0.455 e. The maximum Gasteiger partial charge on any atom is 0.164 e. The summed E-state index contributed by atoms with van der Waals surface area (Å²) in [5, 5.41) is 5.78. The second-order valence-corrected chi connectivity index (χ2v) is 10.9. The van der Waals surface area contributed by atoms with Gasteiger partial charge >= 0.3 is 0 Å². The summed E-state index contributed by atoms with van der Waals surface area (Å²) in [7, 11) is 0. The van der Waals surface area contributed by atoms with Gasteiger partial charge in [-0.1, -0.05) is 78.9 Å². The number of para-hydroxylation sites is 3. The number of aromatic amines is 1. The van der Waals surface area contributed by atoms with Crippen molar-refractivity contribution in [2.75, 3.05) is 0 Å². The summed E-state index contributed by atoms with van der Waals surface area (Å²) < 4.78 is 8.70. The van der Waals surface area contributed by atoms with E-state index in [1.165, 1.54) is 15.5 Å². The number of benzene rings is 5. The molecule has 0 aliphatic rings. The van der Waals surface area contributed by atoms with Crippen LogP contribution in [-0.2, 0) is 0 Å². The van der Waals surface area contributed by atoms with Crippen molar-refractivity contribution in [1.29, 1.82) is 0 Å². The Morgan fingerprint density at radius 3 is 2.31 bits per heavy atom. The summed E-state index contributed by atoms with van der Waals surface area (Å²) in [6.45, 7) is 0. The Balaban J connectivity index is 1.43. The number of H-pyrrole nitrogens is 1. The highest BCUT2D eigenvalue weighted by Crippen LogP contribution is 2.44. The lowest BCUT2D eigenvalue weighted by Crippen LogP contribution is -1.93. The van der Waals surface area contributed by atoms with E-state index in [1.54, 1.807) is 11.3 Å². The average Bonchev–Trinajstić information content (AvgIpc) is 3.68. The third-order valence-electron chi connectivity index (χ3n) is 7.64. The molecule has 0 bridgehead atoms. The third-order valence-corrected chi connectivity index (χ3v) is 8.86. The van der Waals surface area contributed by atoms with Crippen LogP contribution < -0.4 is 0 Å². The molecule has 4 heterocycles. The molecule has 0 amide bonds. The molecule has 0 aliphatic heterocycles. The maximum absolute atomic E-state index is 6.38. The molecule has 0 spiro atoms. The SMILES string of the molecule is c1ccc(-c2nc(-c3cccc4c3oc3ccccc34)nc3c2sc2c3ccc3[nH]c4ccccc4c32)cc1. The Morgan fingerprint density at radius 2 is 1.38 bits per heavy atom. The van der Waals surface area contributed by atoms with Gasteiger partial charge in [-0.25, -0.2) is 9.97 Å². The van der Waals surface area contributed by atoms with Crippen LogP contribution >= 0.6 is 11.3 Å². The average molecular weight is 518 g/mol. The van der Waals surface area contributed by atoms with Gasteiger partial charge in [0.15, 0.2) is 5.82 Å². The van der Waals surface area contributed by atoms with Gasteiger partial charge in [-0.15, -0.1) is 11.3 Å². The lowest BCUT2D eigenvalue weighted by Gasteiger charge is -2.07. The quantitative estimate of drug-likeness (QED) is 0.248. The van der Waals surface area contributed by atoms with Crippen LogP contribution in [0.15, 0.2) is 114 Å². The number of thiophene rings is 1. The number of furan rings is 1. The Labute approximate surface area is 226 Å². The lowest BCUT2D eigenvalue weighted by atomic mass is 10.1. The van der Waals surface area contributed by atoms with Gasteiger partial charge in [0.25, 0.3) is 0 Å². The molecule has 4 aromatic heterocycles. The topological polar surface area (TPSA) is 54.7 Å². The molecule has 39 heavy (non-hydrogen) atoms. The Kier molecular flexibility index (Phi) is 4.18. The van der Waals surface area contributed by atoms with Crippen LogP contribution in [0.5, 0.6) is 0 Å².